The molecule has 0 spiro atoms. The van der Waals surface area contributed by atoms with E-state index in [1.807, 2.05) is 24.3 Å². The van der Waals surface area contributed by atoms with E-state index in [0.29, 0.717) is 6.61 Å². The van der Waals surface area contributed by atoms with E-state index in [4.69, 9.17) is 15.7 Å². The maximum Gasteiger partial charge on any atom is 0.287 e. The van der Waals surface area contributed by atoms with Crippen molar-refractivity contribution in [1.82, 2.24) is 0 Å². The van der Waals surface area contributed by atoms with Crippen molar-refractivity contribution >= 4 is 11.7 Å². The molecule has 0 bridgehead atoms. The van der Waals surface area contributed by atoms with Crippen LogP contribution in [0.1, 0.15) is 115 Å². The zero-order chi connectivity index (χ0) is 22.4. The first-order chi connectivity index (χ1) is 15.3. The van der Waals surface area contributed by atoms with Crippen molar-refractivity contribution in [3.8, 4) is 0 Å². The predicted octanol–water partition coefficient (Wildman–Crippen LogP) is 7.90. The van der Waals surface area contributed by atoms with Crippen molar-refractivity contribution in [2.24, 2.45) is 10.7 Å². The van der Waals surface area contributed by atoms with E-state index in [0.717, 1.165) is 17.7 Å². The molecule has 0 fully saturated rings. The van der Waals surface area contributed by atoms with Crippen LogP contribution in [0.2, 0.25) is 0 Å². The van der Waals surface area contributed by atoms with Gasteiger partial charge in [0, 0.05) is 0 Å². The van der Waals surface area contributed by atoms with Gasteiger partial charge in [0.1, 0.15) is 6.61 Å². The number of nitrogens with two attached hydrogens (primary N) is 1. The fraction of sp³-hybridized carbons (Fsp3) is 0.731. The molecule has 3 N–H and O–H groups in total. The van der Waals surface area contributed by atoms with Gasteiger partial charge in [-0.15, -0.1) is 0 Å². The van der Waals surface area contributed by atoms with E-state index >= 15 is 0 Å². The fourth-order valence-electron chi connectivity index (χ4n) is 3.73. The van der Waals surface area contributed by atoms with Gasteiger partial charge in [0.2, 0.25) is 0 Å². The number of amidine groups is 1. The van der Waals surface area contributed by atoms with Crippen LogP contribution in [0.25, 0.3) is 0 Å². The molecule has 5 nitrogen and oxygen atoms in total. The predicted molar refractivity (Wildman–Crippen MR) is 131 cm³/mol. The number of hydrogen-bond acceptors (Lipinski definition) is 4. The minimum absolute atomic E-state index is 0.162. The van der Waals surface area contributed by atoms with Crippen LogP contribution in [-0.2, 0) is 16.2 Å². The summed E-state index contributed by atoms with van der Waals surface area (Å²) < 4.78 is 5.51. The van der Waals surface area contributed by atoms with Gasteiger partial charge in [0.25, 0.3) is 6.02 Å². The Kier molecular flexibility index (Phi) is 18.0. The molecular weight excluding hydrogens is 388 g/mol. The summed E-state index contributed by atoms with van der Waals surface area (Å²) in [6.07, 6.45) is 21.7. The molecule has 0 saturated carbocycles. The summed E-state index contributed by atoms with van der Waals surface area (Å²) in [5, 5.41) is 8.44. The normalized spacial score (nSPS) is 11.7. The molecule has 0 heterocycles. The van der Waals surface area contributed by atoms with Crippen LogP contribution in [-0.4, -0.2) is 17.9 Å². The van der Waals surface area contributed by atoms with Gasteiger partial charge >= 0.3 is 0 Å². The van der Waals surface area contributed by atoms with Crippen LogP contribution in [0.5, 0.6) is 0 Å². The Morgan fingerprint density at radius 1 is 0.742 bits per heavy atom. The van der Waals surface area contributed by atoms with Crippen molar-refractivity contribution in [3.63, 3.8) is 0 Å². The summed E-state index contributed by atoms with van der Waals surface area (Å²) in [4.78, 5) is 8.35. The maximum absolute atomic E-state index is 8.44. The number of hydrogen-bond donors (Lipinski definition) is 2. The van der Waals surface area contributed by atoms with Gasteiger partial charge in [0.15, 0.2) is 0 Å². The lowest BCUT2D eigenvalue weighted by Gasteiger charge is -2.06. The standard InChI is InChI=1S/C26H46N2O3/c1-2-3-4-5-6-7-8-9-10-11-12-13-14-15-16-17-22-30-26(27)28-25-20-18-24(19-21-25)23-31-29/h18-21,29H,2-17,22-23H2,1H3,(H2,27,28). The van der Waals surface area contributed by atoms with Crippen molar-refractivity contribution in [2.45, 2.75) is 116 Å². The molecule has 5 heteroatoms. The van der Waals surface area contributed by atoms with Gasteiger partial charge in [-0.05, 0) is 24.1 Å². The average Bonchev–Trinajstić information content (AvgIpc) is 2.77. The van der Waals surface area contributed by atoms with Gasteiger partial charge in [-0.25, -0.2) is 4.89 Å². The summed E-state index contributed by atoms with van der Waals surface area (Å²) in [5.41, 5.74) is 7.43. The molecule has 0 aromatic heterocycles. The zero-order valence-electron chi connectivity index (χ0n) is 19.8. The van der Waals surface area contributed by atoms with Crippen LogP contribution in [0.4, 0.5) is 5.69 Å². The maximum atomic E-state index is 8.44. The van der Waals surface area contributed by atoms with Gasteiger partial charge < -0.3 is 10.5 Å². The molecule has 1 aromatic carbocycles. The second-order valence-corrected chi connectivity index (χ2v) is 8.54. The van der Waals surface area contributed by atoms with Crippen LogP contribution in [0, 0.1) is 0 Å². The highest BCUT2D eigenvalue weighted by Crippen LogP contribution is 2.15. The third kappa shape index (κ3) is 16.7. The fourth-order valence-corrected chi connectivity index (χ4v) is 3.73. The van der Waals surface area contributed by atoms with E-state index in [-0.39, 0.29) is 12.6 Å². The smallest absolute Gasteiger partial charge is 0.287 e. The molecule has 178 valence electrons. The summed E-state index contributed by atoms with van der Waals surface area (Å²) in [6, 6.07) is 7.50. The number of aliphatic imine (C=N–C) groups is 1. The van der Waals surface area contributed by atoms with Gasteiger partial charge in [-0.3, -0.25) is 5.26 Å². The number of benzene rings is 1. The molecule has 0 unspecified atom stereocenters. The van der Waals surface area contributed by atoms with Crippen molar-refractivity contribution < 1.29 is 14.9 Å². The first kappa shape index (κ1) is 27.4. The van der Waals surface area contributed by atoms with Gasteiger partial charge in [0.05, 0.1) is 12.3 Å². The highest BCUT2D eigenvalue weighted by Gasteiger charge is 1.98. The molecule has 1 rings (SSSR count). The lowest BCUT2D eigenvalue weighted by Crippen LogP contribution is -2.16. The molecule has 31 heavy (non-hydrogen) atoms. The van der Waals surface area contributed by atoms with E-state index < -0.39 is 0 Å². The number of ether oxygens (including phenoxy) is 1. The molecule has 0 saturated heterocycles. The summed E-state index contributed by atoms with van der Waals surface area (Å²) in [6.45, 7) is 3.06. The first-order valence-electron chi connectivity index (χ1n) is 12.6. The van der Waals surface area contributed by atoms with Gasteiger partial charge in [-0.2, -0.15) is 4.99 Å². The summed E-state index contributed by atoms with van der Waals surface area (Å²) in [7, 11) is 0. The third-order valence-corrected chi connectivity index (χ3v) is 5.65. The van der Waals surface area contributed by atoms with Gasteiger partial charge in [-0.1, -0.05) is 115 Å². The highest BCUT2D eigenvalue weighted by atomic mass is 17.1. The lowest BCUT2D eigenvalue weighted by molar-refractivity contribution is -0.253. The Balaban J connectivity index is 1.86. The monoisotopic (exact) mass is 434 g/mol. The quantitative estimate of drug-likeness (QED) is 0.0718. The van der Waals surface area contributed by atoms with Crippen LogP contribution >= 0.6 is 0 Å². The summed E-state index contributed by atoms with van der Waals surface area (Å²) in [5.74, 6) is 0. The number of rotatable bonds is 20. The molecular formula is C26H46N2O3. The van der Waals surface area contributed by atoms with Crippen molar-refractivity contribution in [1.29, 1.82) is 0 Å². The highest BCUT2D eigenvalue weighted by molar-refractivity contribution is 5.75. The van der Waals surface area contributed by atoms with Crippen molar-refractivity contribution in [3.05, 3.63) is 29.8 Å². The molecule has 0 aliphatic heterocycles. The van der Waals surface area contributed by atoms with Crippen molar-refractivity contribution in [2.75, 3.05) is 6.61 Å². The summed E-state index contributed by atoms with van der Waals surface area (Å²) >= 11 is 0. The van der Waals surface area contributed by atoms with E-state index in [2.05, 4.69) is 16.8 Å². The first-order valence-corrected chi connectivity index (χ1v) is 12.6. The van der Waals surface area contributed by atoms with Crippen LogP contribution in [0.15, 0.2) is 29.3 Å². The van der Waals surface area contributed by atoms with E-state index in [1.165, 1.54) is 96.3 Å². The van der Waals surface area contributed by atoms with Crippen LogP contribution < -0.4 is 5.73 Å². The Bertz CT molecular complexity index is 546. The molecule has 1 aromatic rings. The Morgan fingerprint density at radius 2 is 1.19 bits per heavy atom. The largest absolute Gasteiger partial charge is 0.465 e. The minimum Gasteiger partial charge on any atom is -0.465 e. The lowest BCUT2D eigenvalue weighted by atomic mass is 10.0. The Labute approximate surface area is 190 Å². The van der Waals surface area contributed by atoms with E-state index in [1.54, 1.807) is 0 Å². The Morgan fingerprint density at radius 3 is 1.65 bits per heavy atom. The number of nitrogens with zero attached hydrogens (tertiary/aromatic N) is 1. The number of unbranched alkanes of at least 4 members (excludes halogenated alkanes) is 15. The molecule has 0 aliphatic rings. The Hall–Kier alpha value is -1.59. The second kappa shape index (κ2) is 20.3. The molecule has 0 aliphatic carbocycles. The minimum atomic E-state index is 0.162. The second-order valence-electron chi connectivity index (χ2n) is 8.54. The zero-order valence-corrected chi connectivity index (χ0v) is 19.8. The molecule has 0 radical (unpaired) electrons. The van der Waals surface area contributed by atoms with E-state index in [9.17, 15) is 0 Å². The average molecular weight is 435 g/mol. The van der Waals surface area contributed by atoms with Crippen LogP contribution in [0.3, 0.4) is 0 Å². The SMILES string of the molecule is CCCCCCCCCCCCCCCCCCOC(N)=Nc1ccc(COO)cc1. The molecule has 0 amide bonds. The third-order valence-electron chi connectivity index (χ3n) is 5.65. The topological polar surface area (TPSA) is 77.1 Å². The molecule has 0 atom stereocenters.